The van der Waals surface area contributed by atoms with Gasteiger partial charge in [0.1, 0.15) is 5.82 Å². The number of nitrogens with zero attached hydrogens (tertiary/aromatic N) is 1. The number of hydrogen-bond donors (Lipinski definition) is 0. The molecule has 0 unspecified atom stereocenters. The van der Waals surface area contributed by atoms with Gasteiger partial charge in [-0.3, -0.25) is 0 Å². The summed E-state index contributed by atoms with van der Waals surface area (Å²) < 4.78 is 17.0. The Labute approximate surface area is 161 Å². The molecule has 26 heavy (non-hydrogen) atoms. The normalized spacial score (nSPS) is 10.8. The highest BCUT2D eigenvalue weighted by Crippen LogP contribution is 2.38. The molecular formula is C22H16FNS2. The van der Waals surface area contributed by atoms with Gasteiger partial charge in [0, 0.05) is 5.56 Å². The quantitative estimate of drug-likeness (QED) is 0.354. The summed E-state index contributed by atoms with van der Waals surface area (Å²) in [6, 6.07) is 27.2. The van der Waals surface area contributed by atoms with E-state index >= 15 is 0 Å². The van der Waals surface area contributed by atoms with Crippen molar-refractivity contribution in [3.63, 3.8) is 0 Å². The zero-order valence-corrected chi connectivity index (χ0v) is 15.6. The zero-order valence-electron chi connectivity index (χ0n) is 13.9. The van der Waals surface area contributed by atoms with Crippen LogP contribution in [0.5, 0.6) is 0 Å². The van der Waals surface area contributed by atoms with Gasteiger partial charge in [-0.25, -0.2) is 4.39 Å². The standard InChI is InChI=1S/C22H16FNS2/c23-19-14-8-7-13-18(19)15-24-20(16-9-3-1-4-10-16)21(26-22(24)25)17-11-5-2-6-12-17/h1-14H,15H2. The lowest BCUT2D eigenvalue weighted by molar-refractivity contribution is 0.600. The van der Waals surface area contributed by atoms with Crippen molar-refractivity contribution >= 4 is 23.6 Å². The first-order valence-corrected chi connectivity index (χ1v) is 9.54. The van der Waals surface area contributed by atoms with Gasteiger partial charge >= 0.3 is 0 Å². The number of thiazole rings is 1. The van der Waals surface area contributed by atoms with Crippen molar-refractivity contribution in [1.29, 1.82) is 0 Å². The zero-order chi connectivity index (χ0) is 17.9. The minimum Gasteiger partial charge on any atom is -0.318 e. The van der Waals surface area contributed by atoms with E-state index in [0.717, 1.165) is 25.7 Å². The molecule has 0 fully saturated rings. The smallest absolute Gasteiger partial charge is 0.162 e. The number of hydrogen-bond acceptors (Lipinski definition) is 2. The topological polar surface area (TPSA) is 4.93 Å². The predicted molar refractivity (Wildman–Crippen MR) is 110 cm³/mol. The minimum absolute atomic E-state index is 0.208. The molecule has 0 spiro atoms. The van der Waals surface area contributed by atoms with Gasteiger partial charge in [-0.15, -0.1) is 11.3 Å². The Morgan fingerprint density at radius 3 is 2.00 bits per heavy atom. The van der Waals surface area contributed by atoms with E-state index in [1.165, 1.54) is 6.07 Å². The Morgan fingerprint density at radius 2 is 1.35 bits per heavy atom. The summed E-state index contributed by atoms with van der Waals surface area (Å²) in [5.74, 6) is -0.208. The summed E-state index contributed by atoms with van der Waals surface area (Å²) in [7, 11) is 0. The Bertz CT molecular complexity index is 1080. The maximum atomic E-state index is 14.2. The van der Waals surface area contributed by atoms with Crippen molar-refractivity contribution in [1.82, 2.24) is 4.57 Å². The first-order valence-electron chi connectivity index (χ1n) is 8.32. The molecule has 0 saturated heterocycles. The minimum atomic E-state index is -0.208. The van der Waals surface area contributed by atoms with E-state index in [0.29, 0.717) is 12.1 Å². The van der Waals surface area contributed by atoms with Gasteiger partial charge in [0.15, 0.2) is 3.95 Å². The second-order valence-corrected chi connectivity index (χ2v) is 7.60. The Kier molecular flexibility index (Phi) is 4.78. The Balaban J connectivity index is 1.93. The first kappa shape index (κ1) is 16.9. The van der Waals surface area contributed by atoms with Gasteiger partial charge in [0.2, 0.25) is 0 Å². The summed E-state index contributed by atoms with van der Waals surface area (Å²) in [4.78, 5) is 1.11. The highest BCUT2D eigenvalue weighted by atomic mass is 32.1. The van der Waals surface area contributed by atoms with Crippen molar-refractivity contribution in [2.45, 2.75) is 6.54 Å². The van der Waals surface area contributed by atoms with Crippen LogP contribution in [-0.2, 0) is 6.54 Å². The largest absolute Gasteiger partial charge is 0.318 e. The molecule has 0 aliphatic carbocycles. The number of aromatic nitrogens is 1. The van der Waals surface area contributed by atoms with Crippen LogP contribution in [0.4, 0.5) is 4.39 Å². The summed E-state index contributed by atoms with van der Waals surface area (Å²) in [6.07, 6.45) is 0. The lowest BCUT2D eigenvalue weighted by Gasteiger charge is -2.12. The first-order chi connectivity index (χ1) is 12.7. The van der Waals surface area contributed by atoms with E-state index in [-0.39, 0.29) is 5.82 Å². The fraction of sp³-hybridized carbons (Fsp3) is 0.0455. The summed E-state index contributed by atoms with van der Waals surface area (Å²) in [6.45, 7) is 0.416. The van der Waals surface area contributed by atoms with Crippen LogP contribution in [0.1, 0.15) is 5.56 Å². The summed E-state index contributed by atoms with van der Waals surface area (Å²) >= 11 is 7.23. The Morgan fingerprint density at radius 1 is 0.769 bits per heavy atom. The highest BCUT2D eigenvalue weighted by Gasteiger charge is 2.17. The molecule has 3 aromatic carbocycles. The number of halogens is 1. The third-order valence-corrected chi connectivity index (χ3v) is 5.76. The SMILES string of the molecule is Fc1ccccc1Cn1c(-c2ccccc2)c(-c2ccccc2)sc1=S. The number of rotatable bonds is 4. The van der Waals surface area contributed by atoms with E-state index < -0.39 is 0 Å². The second kappa shape index (κ2) is 7.36. The molecule has 0 amide bonds. The molecule has 1 nitrogen and oxygen atoms in total. The number of benzene rings is 3. The van der Waals surface area contributed by atoms with Crippen LogP contribution >= 0.6 is 23.6 Å². The second-order valence-electron chi connectivity index (χ2n) is 5.96. The molecule has 1 heterocycles. The Hall–Kier alpha value is -2.56. The van der Waals surface area contributed by atoms with Crippen LogP contribution in [0.25, 0.3) is 21.7 Å². The van der Waals surface area contributed by atoms with Crippen LogP contribution < -0.4 is 0 Å². The molecule has 0 atom stereocenters. The predicted octanol–water partition coefficient (Wildman–Crippen LogP) is 6.80. The van der Waals surface area contributed by atoms with Gasteiger partial charge in [-0.05, 0) is 29.4 Å². The third-order valence-electron chi connectivity index (χ3n) is 4.26. The van der Waals surface area contributed by atoms with Crippen LogP contribution in [-0.4, -0.2) is 4.57 Å². The van der Waals surface area contributed by atoms with E-state index in [1.54, 1.807) is 17.4 Å². The maximum absolute atomic E-state index is 14.2. The molecule has 4 rings (SSSR count). The summed E-state index contributed by atoms with van der Waals surface area (Å²) in [5, 5.41) is 0. The lowest BCUT2D eigenvalue weighted by atomic mass is 10.1. The average Bonchev–Trinajstić information content (AvgIpc) is 3.01. The molecule has 1 aromatic heterocycles. The van der Waals surface area contributed by atoms with Crippen LogP contribution in [0.15, 0.2) is 84.9 Å². The van der Waals surface area contributed by atoms with Gasteiger partial charge in [0.05, 0.1) is 17.1 Å². The third kappa shape index (κ3) is 3.26. The molecule has 0 saturated carbocycles. The van der Waals surface area contributed by atoms with E-state index in [2.05, 4.69) is 24.3 Å². The van der Waals surface area contributed by atoms with Gasteiger partial charge < -0.3 is 4.57 Å². The fourth-order valence-electron chi connectivity index (χ4n) is 3.01. The van der Waals surface area contributed by atoms with Crippen molar-refractivity contribution in [3.05, 3.63) is 100 Å². The van der Waals surface area contributed by atoms with Crippen molar-refractivity contribution in [3.8, 4) is 21.7 Å². The van der Waals surface area contributed by atoms with Crippen molar-refractivity contribution < 1.29 is 4.39 Å². The maximum Gasteiger partial charge on any atom is 0.162 e. The monoisotopic (exact) mass is 377 g/mol. The fourth-order valence-corrected chi connectivity index (χ4v) is 4.44. The average molecular weight is 378 g/mol. The molecule has 0 aliphatic rings. The molecule has 128 valence electrons. The molecule has 4 heteroatoms. The van der Waals surface area contributed by atoms with Crippen molar-refractivity contribution in [2.75, 3.05) is 0 Å². The molecular weight excluding hydrogens is 361 g/mol. The summed E-state index contributed by atoms with van der Waals surface area (Å²) in [5.41, 5.74) is 3.87. The van der Waals surface area contributed by atoms with Gasteiger partial charge in [0.25, 0.3) is 0 Å². The molecule has 0 radical (unpaired) electrons. The molecule has 4 aromatic rings. The van der Waals surface area contributed by atoms with E-state index in [9.17, 15) is 4.39 Å². The lowest BCUT2D eigenvalue weighted by Crippen LogP contribution is -2.04. The van der Waals surface area contributed by atoms with Gasteiger partial charge in [-0.1, -0.05) is 78.9 Å². The molecule has 0 aliphatic heterocycles. The van der Waals surface area contributed by atoms with Crippen LogP contribution in [0.2, 0.25) is 0 Å². The van der Waals surface area contributed by atoms with Crippen LogP contribution in [0.3, 0.4) is 0 Å². The highest BCUT2D eigenvalue weighted by molar-refractivity contribution is 7.73. The molecule has 0 bridgehead atoms. The van der Waals surface area contributed by atoms with E-state index in [4.69, 9.17) is 12.2 Å². The molecule has 0 N–H and O–H groups in total. The van der Waals surface area contributed by atoms with Gasteiger partial charge in [-0.2, -0.15) is 0 Å². The van der Waals surface area contributed by atoms with Crippen LogP contribution in [0, 0.1) is 9.77 Å². The van der Waals surface area contributed by atoms with E-state index in [1.807, 2.05) is 53.1 Å². The van der Waals surface area contributed by atoms with Crippen molar-refractivity contribution in [2.24, 2.45) is 0 Å².